The minimum atomic E-state index is -0.255. The molecule has 0 aliphatic heterocycles. The minimum absolute atomic E-state index is 0.116. The first-order valence-corrected chi connectivity index (χ1v) is 11.2. The summed E-state index contributed by atoms with van der Waals surface area (Å²) in [6.07, 6.45) is 10.4. The van der Waals surface area contributed by atoms with Gasteiger partial charge in [0.15, 0.2) is 0 Å². The maximum Gasteiger partial charge on any atom is 0.263 e. The molecule has 0 heterocycles. The van der Waals surface area contributed by atoms with Crippen molar-refractivity contribution in [1.29, 1.82) is 5.26 Å². The van der Waals surface area contributed by atoms with Gasteiger partial charge in [-0.25, -0.2) is 0 Å². The number of amides is 1. The van der Waals surface area contributed by atoms with Gasteiger partial charge in [0.2, 0.25) is 0 Å². The Kier molecular flexibility index (Phi) is 5.42. The molecule has 1 aromatic rings. The molecule has 1 aromatic carbocycles. The molecule has 4 bridgehead atoms. The monoisotopic (exact) mass is 391 g/mol. The van der Waals surface area contributed by atoms with E-state index in [1.54, 1.807) is 6.20 Å². The first kappa shape index (κ1) is 20.0. The van der Waals surface area contributed by atoms with Crippen LogP contribution in [-0.2, 0) is 11.2 Å². The summed E-state index contributed by atoms with van der Waals surface area (Å²) < 4.78 is 0. The Morgan fingerprint density at radius 1 is 1.24 bits per heavy atom. The average molecular weight is 392 g/mol. The molecular formula is C25H33N3O. The zero-order valence-electron chi connectivity index (χ0n) is 17.9. The zero-order chi connectivity index (χ0) is 20.6. The van der Waals surface area contributed by atoms with Crippen molar-refractivity contribution in [2.75, 3.05) is 5.32 Å². The lowest BCUT2D eigenvalue weighted by atomic mass is 9.48. The highest BCUT2D eigenvalue weighted by Gasteiger charge is 2.53. The Balaban J connectivity index is 1.46. The van der Waals surface area contributed by atoms with Gasteiger partial charge in [-0.2, -0.15) is 5.26 Å². The van der Waals surface area contributed by atoms with Gasteiger partial charge in [-0.05, 0) is 93.1 Å². The fraction of sp³-hybridized carbons (Fsp3) is 0.600. The molecule has 4 heteroatoms. The van der Waals surface area contributed by atoms with Crippen LogP contribution in [-0.4, -0.2) is 11.9 Å². The normalized spacial score (nSPS) is 31.2. The van der Waals surface area contributed by atoms with Gasteiger partial charge in [0, 0.05) is 17.9 Å². The van der Waals surface area contributed by atoms with Gasteiger partial charge in [0.25, 0.3) is 5.91 Å². The Labute approximate surface area is 174 Å². The van der Waals surface area contributed by atoms with Crippen molar-refractivity contribution < 1.29 is 4.79 Å². The number of hydrogen-bond donors (Lipinski definition) is 2. The van der Waals surface area contributed by atoms with E-state index in [9.17, 15) is 10.1 Å². The summed E-state index contributed by atoms with van der Waals surface area (Å²) in [5, 5.41) is 16.0. The van der Waals surface area contributed by atoms with Crippen LogP contribution >= 0.6 is 0 Å². The summed E-state index contributed by atoms with van der Waals surface area (Å²) in [6, 6.07) is 8.36. The number of rotatable bonds is 6. The summed E-state index contributed by atoms with van der Waals surface area (Å²) in [7, 11) is 0. The SMILES string of the molecule is CCc1cccc(C)c1N/C=C(/C#N)C(=O)NC(C)C12CC3CC(CC(C3)C1)C2. The molecule has 4 aliphatic rings. The maximum absolute atomic E-state index is 12.9. The summed E-state index contributed by atoms with van der Waals surface area (Å²) in [5.74, 6) is 2.29. The second-order valence-corrected chi connectivity index (χ2v) is 9.75. The van der Waals surface area contributed by atoms with Crippen LogP contribution in [0.4, 0.5) is 5.69 Å². The van der Waals surface area contributed by atoms with Crippen molar-refractivity contribution in [3.8, 4) is 6.07 Å². The van der Waals surface area contributed by atoms with E-state index in [-0.39, 0.29) is 22.9 Å². The fourth-order valence-electron chi connectivity index (χ4n) is 6.66. The summed E-state index contributed by atoms with van der Waals surface area (Å²) >= 11 is 0. The number of hydrogen-bond acceptors (Lipinski definition) is 3. The van der Waals surface area contributed by atoms with Gasteiger partial charge in [0.1, 0.15) is 11.6 Å². The molecule has 4 nitrogen and oxygen atoms in total. The molecular weight excluding hydrogens is 358 g/mol. The number of carbonyl (C=O) groups excluding carboxylic acids is 1. The molecule has 5 rings (SSSR count). The highest BCUT2D eigenvalue weighted by Crippen LogP contribution is 2.61. The van der Waals surface area contributed by atoms with Crippen molar-refractivity contribution >= 4 is 11.6 Å². The third-order valence-corrected chi connectivity index (χ3v) is 7.82. The standard InChI is InChI=1S/C25H33N3O/c1-4-21-7-5-6-16(2)23(21)27-15-22(14-26)24(29)28-17(3)25-11-18-8-19(12-25)10-20(9-18)13-25/h5-7,15,17-20,27H,4,8-13H2,1-3H3,(H,28,29)/b22-15-. The third-order valence-electron chi connectivity index (χ3n) is 7.82. The van der Waals surface area contributed by atoms with Crippen LogP contribution in [0.1, 0.15) is 63.5 Å². The molecule has 4 saturated carbocycles. The Bertz CT molecular complexity index is 828. The minimum Gasteiger partial charge on any atom is -0.360 e. The molecule has 0 radical (unpaired) electrons. The van der Waals surface area contributed by atoms with Crippen LogP contribution in [0, 0.1) is 41.4 Å². The summed E-state index contributed by atoms with van der Waals surface area (Å²) in [6.45, 7) is 6.30. The van der Waals surface area contributed by atoms with E-state index < -0.39 is 0 Å². The first-order chi connectivity index (χ1) is 13.9. The molecule has 0 saturated heterocycles. The Morgan fingerprint density at radius 2 is 1.86 bits per heavy atom. The largest absolute Gasteiger partial charge is 0.360 e. The lowest BCUT2D eigenvalue weighted by Gasteiger charge is -2.59. The number of nitrogens with zero attached hydrogens (tertiary/aromatic N) is 1. The van der Waals surface area contributed by atoms with Crippen molar-refractivity contribution in [1.82, 2.24) is 5.32 Å². The predicted octanol–water partition coefficient (Wildman–Crippen LogP) is 5.10. The molecule has 29 heavy (non-hydrogen) atoms. The van der Waals surface area contributed by atoms with Gasteiger partial charge in [0.05, 0.1) is 0 Å². The average Bonchev–Trinajstić information content (AvgIpc) is 2.68. The van der Waals surface area contributed by atoms with Gasteiger partial charge in [-0.15, -0.1) is 0 Å². The second kappa shape index (κ2) is 7.86. The quantitative estimate of drug-likeness (QED) is 0.524. The van der Waals surface area contributed by atoms with Crippen LogP contribution in [0.2, 0.25) is 0 Å². The number of nitriles is 1. The second-order valence-electron chi connectivity index (χ2n) is 9.75. The fourth-order valence-corrected chi connectivity index (χ4v) is 6.66. The van der Waals surface area contributed by atoms with E-state index in [0.717, 1.165) is 35.4 Å². The van der Waals surface area contributed by atoms with Crippen LogP contribution in [0.5, 0.6) is 0 Å². The zero-order valence-corrected chi connectivity index (χ0v) is 17.9. The van der Waals surface area contributed by atoms with Gasteiger partial charge < -0.3 is 10.6 Å². The molecule has 2 N–H and O–H groups in total. The predicted molar refractivity (Wildman–Crippen MR) is 116 cm³/mol. The Morgan fingerprint density at radius 3 is 2.41 bits per heavy atom. The van der Waals surface area contributed by atoms with E-state index in [1.165, 1.54) is 44.1 Å². The molecule has 1 amide bonds. The molecule has 0 spiro atoms. The lowest BCUT2D eigenvalue weighted by Crippen LogP contribution is -2.56. The van der Waals surface area contributed by atoms with Crippen LogP contribution in [0.3, 0.4) is 0 Å². The third kappa shape index (κ3) is 3.80. The molecule has 154 valence electrons. The first-order valence-electron chi connectivity index (χ1n) is 11.2. The van der Waals surface area contributed by atoms with E-state index in [0.29, 0.717) is 0 Å². The van der Waals surface area contributed by atoms with E-state index >= 15 is 0 Å². The smallest absolute Gasteiger partial charge is 0.263 e. The lowest BCUT2D eigenvalue weighted by molar-refractivity contribution is -0.122. The number of aryl methyl sites for hydroxylation is 2. The van der Waals surface area contributed by atoms with Crippen molar-refractivity contribution in [2.45, 2.75) is 71.8 Å². The number of benzene rings is 1. The number of carbonyl (C=O) groups is 1. The van der Waals surface area contributed by atoms with E-state index in [1.807, 2.05) is 19.1 Å². The molecule has 1 unspecified atom stereocenters. The molecule has 0 aromatic heterocycles. The van der Waals surface area contributed by atoms with Crippen LogP contribution in [0.25, 0.3) is 0 Å². The topological polar surface area (TPSA) is 64.9 Å². The van der Waals surface area contributed by atoms with E-state index in [4.69, 9.17) is 0 Å². The van der Waals surface area contributed by atoms with Crippen molar-refractivity contribution in [2.24, 2.45) is 23.2 Å². The number of para-hydroxylation sites is 1. The highest BCUT2D eigenvalue weighted by atomic mass is 16.1. The molecule has 1 atom stereocenters. The maximum atomic E-state index is 12.9. The van der Waals surface area contributed by atoms with Crippen molar-refractivity contribution in [3.05, 3.63) is 41.1 Å². The Hall–Kier alpha value is -2.28. The van der Waals surface area contributed by atoms with Crippen LogP contribution < -0.4 is 10.6 Å². The number of anilines is 1. The van der Waals surface area contributed by atoms with E-state index in [2.05, 4.69) is 36.6 Å². The van der Waals surface area contributed by atoms with Gasteiger partial charge >= 0.3 is 0 Å². The summed E-state index contributed by atoms with van der Waals surface area (Å²) in [4.78, 5) is 12.9. The molecule has 4 fully saturated rings. The van der Waals surface area contributed by atoms with Gasteiger partial charge in [-0.3, -0.25) is 4.79 Å². The van der Waals surface area contributed by atoms with Crippen LogP contribution in [0.15, 0.2) is 30.0 Å². The number of nitrogens with one attached hydrogen (secondary N) is 2. The highest BCUT2D eigenvalue weighted by molar-refractivity contribution is 5.97. The molecule has 4 aliphatic carbocycles. The summed E-state index contributed by atoms with van der Waals surface area (Å²) in [5.41, 5.74) is 3.67. The van der Waals surface area contributed by atoms with Crippen molar-refractivity contribution in [3.63, 3.8) is 0 Å². The van der Waals surface area contributed by atoms with Gasteiger partial charge in [-0.1, -0.05) is 25.1 Å².